The van der Waals surface area contributed by atoms with Crippen LogP contribution in [0.1, 0.15) is 18.4 Å². The lowest BCUT2D eigenvalue weighted by Gasteiger charge is -2.20. The first-order valence-corrected chi connectivity index (χ1v) is 7.33. The van der Waals surface area contributed by atoms with Crippen molar-refractivity contribution in [2.24, 2.45) is 0 Å². The van der Waals surface area contributed by atoms with Gasteiger partial charge in [-0.05, 0) is 43.0 Å². The highest BCUT2D eigenvalue weighted by atomic mass is 16.4. The molecule has 1 aliphatic heterocycles. The lowest BCUT2D eigenvalue weighted by Crippen LogP contribution is -2.18. The van der Waals surface area contributed by atoms with E-state index in [1.165, 1.54) is 17.7 Å². The van der Waals surface area contributed by atoms with Gasteiger partial charge in [-0.1, -0.05) is 24.3 Å². The van der Waals surface area contributed by atoms with Crippen LogP contribution in [0.2, 0.25) is 0 Å². The minimum Gasteiger partial charge on any atom is -0.423 e. The molecule has 2 aromatic carbocycles. The number of fused-ring (bicyclic) bond motifs is 2. The first-order valence-electron chi connectivity index (χ1n) is 7.33. The first kappa shape index (κ1) is 12.3. The van der Waals surface area contributed by atoms with Gasteiger partial charge in [0, 0.05) is 12.2 Å². The highest BCUT2D eigenvalue weighted by Crippen LogP contribution is 2.34. The van der Waals surface area contributed by atoms with E-state index in [1.54, 1.807) is 0 Å². The maximum absolute atomic E-state index is 5.98. The Morgan fingerprint density at radius 1 is 1.05 bits per heavy atom. The molecule has 4 rings (SSSR count). The van der Waals surface area contributed by atoms with E-state index in [0.717, 1.165) is 30.5 Å². The number of aryl methyl sites for hydroxylation is 1. The number of aromatic nitrogens is 1. The van der Waals surface area contributed by atoms with Crippen molar-refractivity contribution in [3.05, 3.63) is 48.0 Å². The van der Waals surface area contributed by atoms with E-state index >= 15 is 0 Å². The molecular formula is C17H17N3O. The van der Waals surface area contributed by atoms with E-state index < -0.39 is 0 Å². The quantitative estimate of drug-likeness (QED) is 0.687. The maximum atomic E-state index is 5.98. The molecule has 1 aliphatic rings. The molecule has 1 aromatic heterocycles. The largest absolute Gasteiger partial charge is 0.423 e. The van der Waals surface area contributed by atoms with Crippen molar-refractivity contribution >= 4 is 28.5 Å². The lowest BCUT2D eigenvalue weighted by molar-refractivity contribution is 0.588. The summed E-state index contributed by atoms with van der Waals surface area (Å²) in [4.78, 5) is 6.78. The van der Waals surface area contributed by atoms with Crippen LogP contribution in [0.4, 0.5) is 17.4 Å². The molecule has 21 heavy (non-hydrogen) atoms. The molecule has 0 aliphatic carbocycles. The van der Waals surface area contributed by atoms with E-state index in [9.17, 15) is 0 Å². The minimum absolute atomic E-state index is 0.636. The second kappa shape index (κ2) is 4.81. The number of nitrogens with two attached hydrogens (primary N) is 1. The number of para-hydroxylation sites is 2. The molecule has 0 saturated carbocycles. The number of benzene rings is 2. The van der Waals surface area contributed by atoms with Crippen LogP contribution in [0, 0.1) is 0 Å². The Balaban J connectivity index is 1.86. The predicted octanol–water partition coefficient (Wildman–Crippen LogP) is 3.88. The molecule has 0 amide bonds. The topological polar surface area (TPSA) is 55.3 Å². The van der Waals surface area contributed by atoms with Crippen molar-refractivity contribution in [1.82, 2.24) is 4.98 Å². The minimum atomic E-state index is 0.636. The monoisotopic (exact) mass is 279 g/mol. The summed E-state index contributed by atoms with van der Waals surface area (Å²) >= 11 is 0. The van der Waals surface area contributed by atoms with Gasteiger partial charge in [-0.3, -0.25) is 4.90 Å². The Morgan fingerprint density at radius 2 is 1.95 bits per heavy atom. The van der Waals surface area contributed by atoms with Gasteiger partial charge in [0.05, 0.1) is 5.69 Å². The fourth-order valence-corrected chi connectivity index (χ4v) is 2.96. The van der Waals surface area contributed by atoms with Crippen LogP contribution in [-0.4, -0.2) is 11.5 Å². The first-order chi connectivity index (χ1) is 10.3. The lowest BCUT2D eigenvalue weighted by atomic mass is 10.1. The van der Waals surface area contributed by atoms with Gasteiger partial charge in [0.1, 0.15) is 5.52 Å². The highest BCUT2D eigenvalue weighted by molar-refractivity contribution is 5.87. The van der Waals surface area contributed by atoms with Crippen LogP contribution >= 0.6 is 0 Å². The van der Waals surface area contributed by atoms with Crippen LogP contribution in [0.25, 0.3) is 11.1 Å². The molecule has 4 nitrogen and oxygen atoms in total. The Morgan fingerprint density at radius 3 is 2.86 bits per heavy atom. The zero-order valence-electron chi connectivity index (χ0n) is 11.7. The number of nitrogens with zero attached hydrogens (tertiary/aromatic N) is 2. The second-order valence-corrected chi connectivity index (χ2v) is 5.43. The SMILES string of the molecule is Nc1cccc2oc(N3CCCCc4ccccc43)nc12. The summed E-state index contributed by atoms with van der Waals surface area (Å²) in [6.07, 6.45) is 3.42. The second-order valence-electron chi connectivity index (χ2n) is 5.43. The summed E-state index contributed by atoms with van der Waals surface area (Å²) in [5.74, 6) is 0. The summed E-state index contributed by atoms with van der Waals surface area (Å²) in [6.45, 7) is 0.920. The fraction of sp³-hybridized carbons (Fsp3) is 0.235. The smallest absolute Gasteiger partial charge is 0.303 e. The van der Waals surface area contributed by atoms with Gasteiger partial charge in [0.2, 0.25) is 0 Å². The zero-order valence-corrected chi connectivity index (χ0v) is 11.7. The van der Waals surface area contributed by atoms with Gasteiger partial charge >= 0.3 is 6.01 Å². The van der Waals surface area contributed by atoms with Crippen molar-refractivity contribution in [3.63, 3.8) is 0 Å². The summed E-state index contributed by atoms with van der Waals surface area (Å²) in [5.41, 5.74) is 10.7. The van der Waals surface area contributed by atoms with Gasteiger partial charge in [0.15, 0.2) is 5.58 Å². The summed E-state index contributed by atoms with van der Waals surface area (Å²) in [7, 11) is 0. The molecule has 0 saturated heterocycles. The molecule has 4 heteroatoms. The van der Waals surface area contributed by atoms with Gasteiger partial charge in [-0.15, -0.1) is 0 Å². The number of rotatable bonds is 1. The van der Waals surface area contributed by atoms with Crippen molar-refractivity contribution in [2.75, 3.05) is 17.2 Å². The standard InChI is InChI=1S/C17H17N3O/c18-13-8-5-10-15-16(13)19-17(21-15)20-11-4-3-7-12-6-1-2-9-14(12)20/h1-2,5-6,8-10H,3-4,7,11,18H2. The molecule has 0 radical (unpaired) electrons. The molecule has 0 bridgehead atoms. The van der Waals surface area contributed by atoms with Crippen LogP contribution in [0.15, 0.2) is 46.9 Å². The van der Waals surface area contributed by atoms with Gasteiger partial charge in [-0.25, -0.2) is 0 Å². The molecule has 2 N–H and O–H groups in total. The molecule has 0 fully saturated rings. The summed E-state index contributed by atoms with van der Waals surface area (Å²) < 4.78 is 5.94. The summed E-state index contributed by atoms with van der Waals surface area (Å²) in [5, 5.41) is 0. The van der Waals surface area contributed by atoms with Gasteiger partial charge in [-0.2, -0.15) is 4.98 Å². The molecule has 0 spiro atoms. The molecular weight excluding hydrogens is 262 g/mol. The van der Waals surface area contributed by atoms with Crippen LogP contribution < -0.4 is 10.6 Å². The maximum Gasteiger partial charge on any atom is 0.303 e. The van der Waals surface area contributed by atoms with E-state index in [2.05, 4.69) is 34.1 Å². The number of oxazole rings is 1. The van der Waals surface area contributed by atoms with Crippen molar-refractivity contribution in [3.8, 4) is 0 Å². The third-order valence-corrected chi connectivity index (χ3v) is 4.03. The Kier molecular flexibility index (Phi) is 2.81. The summed E-state index contributed by atoms with van der Waals surface area (Å²) in [6, 6.07) is 14.8. The molecule has 106 valence electrons. The van der Waals surface area contributed by atoms with Gasteiger partial charge < -0.3 is 10.2 Å². The van der Waals surface area contributed by atoms with E-state index in [-0.39, 0.29) is 0 Å². The number of anilines is 3. The molecule has 0 atom stereocenters. The Hall–Kier alpha value is -2.49. The average molecular weight is 279 g/mol. The van der Waals surface area contributed by atoms with Crippen LogP contribution in [0.5, 0.6) is 0 Å². The number of nitrogen functional groups attached to an aromatic ring is 1. The van der Waals surface area contributed by atoms with Gasteiger partial charge in [0.25, 0.3) is 0 Å². The van der Waals surface area contributed by atoms with Crippen molar-refractivity contribution < 1.29 is 4.42 Å². The number of hydrogen-bond acceptors (Lipinski definition) is 4. The normalized spacial score (nSPS) is 15.0. The third kappa shape index (κ3) is 2.03. The highest BCUT2D eigenvalue weighted by Gasteiger charge is 2.21. The van der Waals surface area contributed by atoms with E-state index in [0.29, 0.717) is 11.7 Å². The van der Waals surface area contributed by atoms with Crippen molar-refractivity contribution in [2.45, 2.75) is 19.3 Å². The van der Waals surface area contributed by atoms with Crippen molar-refractivity contribution in [1.29, 1.82) is 0 Å². The molecule has 0 unspecified atom stereocenters. The zero-order chi connectivity index (χ0) is 14.2. The van der Waals surface area contributed by atoms with Crippen LogP contribution in [0.3, 0.4) is 0 Å². The van der Waals surface area contributed by atoms with Crippen LogP contribution in [-0.2, 0) is 6.42 Å². The average Bonchev–Trinajstić information content (AvgIpc) is 2.82. The number of hydrogen-bond donors (Lipinski definition) is 1. The predicted molar refractivity (Wildman–Crippen MR) is 84.8 cm³/mol. The van der Waals surface area contributed by atoms with E-state index in [4.69, 9.17) is 10.2 Å². The third-order valence-electron chi connectivity index (χ3n) is 4.03. The van der Waals surface area contributed by atoms with E-state index in [1.807, 2.05) is 18.2 Å². The molecule has 2 heterocycles. The Bertz CT molecular complexity index is 794. The fourth-order valence-electron chi connectivity index (χ4n) is 2.96. The molecule has 3 aromatic rings. The Labute approximate surface area is 123 Å².